The van der Waals surface area contributed by atoms with E-state index in [1.54, 1.807) is 6.08 Å². The van der Waals surface area contributed by atoms with E-state index in [-0.39, 0.29) is 5.04 Å². The summed E-state index contributed by atoms with van der Waals surface area (Å²) in [5, 5.41) is 1.96. The minimum absolute atomic E-state index is 0.184. The summed E-state index contributed by atoms with van der Waals surface area (Å²) in [7, 11) is -2.89. The molecule has 2 aromatic carbocycles. The summed E-state index contributed by atoms with van der Waals surface area (Å²) in [5.41, 5.74) is 0. The van der Waals surface area contributed by atoms with Gasteiger partial charge in [-0.3, -0.25) is 4.79 Å². The van der Waals surface area contributed by atoms with E-state index in [1.807, 2.05) is 42.5 Å². The lowest BCUT2D eigenvalue weighted by molar-refractivity contribution is -0.104. The molecule has 0 aromatic heterocycles. The van der Waals surface area contributed by atoms with Crippen LogP contribution in [-0.4, -0.2) is 19.4 Å². The molecule has 1 N–H and O–H groups in total. The Morgan fingerprint density at radius 2 is 1.32 bits per heavy atom. The van der Waals surface area contributed by atoms with Crippen LogP contribution in [0.2, 0.25) is 5.04 Å². The van der Waals surface area contributed by atoms with E-state index in [1.165, 1.54) is 0 Å². The summed E-state index contributed by atoms with van der Waals surface area (Å²) in [6.07, 6.45) is 13.5. The molecule has 3 heteroatoms. The third-order valence-electron chi connectivity index (χ3n) is 5.42. The molecule has 0 aliphatic heterocycles. The van der Waals surface area contributed by atoms with E-state index in [0.29, 0.717) is 0 Å². The maximum absolute atomic E-state index is 12.1. The molecule has 0 bridgehead atoms. The van der Waals surface area contributed by atoms with Gasteiger partial charge in [0.15, 0.2) is 0 Å². The lowest BCUT2D eigenvalue weighted by Crippen LogP contribution is -2.65. The lowest BCUT2D eigenvalue weighted by atomic mass is 10.0. The van der Waals surface area contributed by atoms with Crippen molar-refractivity contribution in [3.05, 3.63) is 85.0 Å². The molecule has 0 saturated carbocycles. The van der Waals surface area contributed by atoms with Crippen molar-refractivity contribution in [2.45, 2.75) is 51.0 Å². The van der Waals surface area contributed by atoms with Crippen molar-refractivity contribution in [2.75, 3.05) is 0 Å². The van der Waals surface area contributed by atoms with Crippen LogP contribution < -0.4 is 10.4 Å². The number of unbranched alkanes of at least 4 members (excludes halogenated alkanes) is 2. The SMILES string of the molecule is CC(C)(CCC/C=C/CC/C=C/C=O)[Si](O)(c1ccccc1)c1ccccc1. The monoisotopic (exact) mass is 392 g/mol. The lowest BCUT2D eigenvalue weighted by Gasteiger charge is -2.41. The Hall–Kier alpha value is -2.23. The van der Waals surface area contributed by atoms with Gasteiger partial charge in [0.25, 0.3) is 8.32 Å². The summed E-state index contributed by atoms with van der Waals surface area (Å²) in [5.74, 6) is 0. The minimum Gasteiger partial charge on any atom is -0.424 e. The van der Waals surface area contributed by atoms with Gasteiger partial charge in [-0.25, -0.2) is 0 Å². The Labute approximate surface area is 170 Å². The highest BCUT2D eigenvalue weighted by Gasteiger charge is 2.49. The van der Waals surface area contributed by atoms with Crippen molar-refractivity contribution in [1.29, 1.82) is 0 Å². The quantitative estimate of drug-likeness (QED) is 0.196. The minimum atomic E-state index is -2.89. The standard InChI is InChI=1S/C25H32O2Si/c1-25(2,21-15-7-5-3-4-6-8-16-22-26)28(27,23-17-11-9-12-18-23)24-19-13-10-14-20-24/h3,5,8-14,16-20,22,27H,4,6-7,15,21H2,1-2H3/b5-3+,16-8+. The molecule has 0 unspecified atom stereocenters. The second kappa shape index (κ2) is 10.9. The Morgan fingerprint density at radius 3 is 1.86 bits per heavy atom. The molecule has 148 valence electrons. The number of rotatable bonds is 11. The molecule has 28 heavy (non-hydrogen) atoms. The van der Waals surface area contributed by atoms with Gasteiger partial charge in [0, 0.05) is 0 Å². The van der Waals surface area contributed by atoms with Crippen molar-refractivity contribution < 1.29 is 9.59 Å². The number of hydrogen-bond donors (Lipinski definition) is 1. The second-order valence-electron chi connectivity index (χ2n) is 7.83. The Balaban J connectivity index is 2.07. The third kappa shape index (κ3) is 5.63. The topological polar surface area (TPSA) is 37.3 Å². The van der Waals surface area contributed by atoms with Gasteiger partial charge in [-0.1, -0.05) is 92.7 Å². The smallest absolute Gasteiger partial charge is 0.258 e. The molecule has 0 aliphatic carbocycles. The molecular weight excluding hydrogens is 360 g/mol. The molecule has 2 nitrogen and oxygen atoms in total. The average Bonchev–Trinajstić information content (AvgIpc) is 2.73. The number of carbonyl (C=O) groups is 1. The summed E-state index contributed by atoms with van der Waals surface area (Å²) in [6.45, 7) is 4.43. The van der Waals surface area contributed by atoms with Crippen LogP contribution >= 0.6 is 0 Å². The van der Waals surface area contributed by atoms with Crippen LogP contribution in [0.1, 0.15) is 46.0 Å². The van der Waals surface area contributed by atoms with E-state index >= 15 is 0 Å². The highest BCUT2D eigenvalue weighted by atomic mass is 28.4. The second-order valence-corrected chi connectivity index (χ2v) is 11.8. The van der Waals surface area contributed by atoms with Gasteiger partial charge in [0.05, 0.1) is 0 Å². The van der Waals surface area contributed by atoms with Crippen LogP contribution in [0, 0.1) is 0 Å². The molecule has 0 heterocycles. The van der Waals surface area contributed by atoms with Gasteiger partial charge < -0.3 is 4.80 Å². The molecule has 0 spiro atoms. The Kier molecular flexibility index (Phi) is 8.62. The number of hydrogen-bond acceptors (Lipinski definition) is 2. The number of carbonyl (C=O) groups excluding carboxylic acids is 1. The number of aldehydes is 1. The van der Waals surface area contributed by atoms with Gasteiger partial charge in [-0.05, 0) is 53.6 Å². The maximum atomic E-state index is 12.1. The first-order valence-electron chi connectivity index (χ1n) is 10.1. The van der Waals surface area contributed by atoms with Gasteiger partial charge in [-0.2, -0.15) is 0 Å². The Morgan fingerprint density at radius 1 is 0.821 bits per heavy atom. The van der Waals surface area contributed by atoms with Crippen molar-refractivity contribution in [3.63, 3.8) is 0 Å². The molecule has 0 aliphatic rings. The van der Waals surface area contributed by atoms with Crippen LogP contribution in [0.25, 0.3) is 0 Å². The normalized spacial score (nSPS) is 12.7. The first-order valence-corrected chi connectivity index (χ1v) is 12.1. The van der Waals surface area contributed by atoms with Crippen molar-refractivity contribution in [3.8, 4) is 0 Å². The van der Waals surface area contributed by atoms with Crippen LogP contribution in [0.3, 0.4) is 0 Å². The highest BCUT2D eigenvalue weighted by Crippen LogP contribution is 2.40. The molecule has 0 radical (unpaired) electrons. The van der Waals surface area contributed by atoms with E-state index in [9.17, 15) is 9.59 Å². The fourth-order valence-electron chi connectivity index (χ4n) is 3.73. The molecule has 2 rings (SSSR count). The van der Waals surface area contributed by atoms with Crippen LogP contribution in [0.15, 0.2) is 85.0 Å². The van der Waals surface area contributed by atoms with Gasteiger partial charge >= 0.3 is 0 Å². The van der Waals surface area contributed by atoms with Gasteiger partial charge in [0.2, 0.25) is 0 Å². The third-order valence-corrected chi connectivity index (χ3v) is 9.96. The first kappa shape index (κ1) is 22.1. The maximum Gasteiger partial charge on any atom is 0.258 e. The number of allylic oxidation sites excluding steroid dienone is 4. The zero-order chi connectivity index (χ0) is 20.3. The van der Waals surface area contributed by atoms with E-state index < -0.39 is 8.32 Å². The van der Waals surface area contributed by atoms with Gasteiger partial charge in [0.1, 0.15) is 6.29 Å². The van der Waals surface area contributed by atoms with Crippen LogP contribution in [0.4, 0.5) is 0 Å². The fraction of sp³-hybridized carbons (Fsp3) is 0.320. The average molecular weight is 393 g/mol. The molecule has 0 amide bonds. The molecule has 0 atom stereocenters. The highest BCUT2D eigenvalue weighted by molar-refractivity contribution is 6.98. The van der Waals surface area contributed by atoms with E-state index in [2.05, 4.69) is 50.3 Å². The summed E-state index contributed by atoms with van der Waals surface area (Å²) in [4.78, 5) is 22.3. The van der Waals surface area contributed by atoms with E-state index in [0.717, 1.165) is 48.8 Å². The fourth-order valence-corrected chi connectivity index (χ4v) is 7.51. The largest absolute Gasteiger partial charge is 0.424 e. The summed E-state index contributed by atoms with van der Waals surface area (Å²) in [6, 6.07) is 20.4. The zero-order valence-electron chi connectivity index (χ0n) is 17.1. The molecule has 0 saturated heterocycles. The number of benzene rings is 2. The van der Waals surface area contributed by atoms with Crippen LogP contribution in [-0.2, 0) is 4.79 Å². The van der Waals surface area contributed by atoms with E-state index in [4.69, 9.17) is 0 Å². The Bertz CT molecular complexity index is 724. The van der Waals surface area contributed by atoms with Gasteiger partial charge in [-0.15, -0.1) is 0 Å². The molecule has 2 aromatic rings. The molecular formula is C25H32O2Si. The summed E-state index contributed by atoms with van der Waals surface area (Å²) >= 11 is 0. The van der Waals surface area contributed by atoms with Crippen molar-refractivity contribution >= 4 is 25.0 Å². The zero-order valence-corrected chi connectivity index (χ0v) is 18.1. The van der Waals surface area contributed by atoms with Crippen molar-refractivity contribution in [1.82, 2.24) is 0 Å². The predicted octanol–water partition coefficient (Wildman–Crippen LogP) is 4.78. The summed E-state index contributed by atoms with van der Waals surface area (Å²) < 4.78 is 0. The van der Waals surface area contributed by atoms with Crippen LogP contribution in [0.5, 0.6) is 0 Å². The first-order chi connectivity index (χ1) is 13.5. The molecule has 0 fully saturated rings. The van der Waals surface area contributed by atoms with Crippen molar-refractivity contribution in [2.24, 2.45) is 0 Å². The predicted molar refractivity (Wildman–Crippen MR) is 122 cm³/mol.